The second kappa shape index (κ2) is 6.33. The Bertz CT molecular complexity index is 840. The molecule has 3 rings (SSSR count). The fraction of sp³-hybridized carbons (Fsp3) is 0.333. The number of nitrogens with zero attached hydrogens (tertiary/aromatic N) is 1. The molecule has 7 nitrogen and oxygen atoms in total. The van der Waals surface area contributed by atoms with Crippen molar-refractivity contribution in [3.63, 3.8) is 0 Å². The van der Waals surface area contributed by atoms with Crippen molar-refractivity contribution in [3.8, 4) is 0 Å². The average molecular weight is 365 g/mol. The van der Waals surface area contributed by atoms with Gasteiger partial charge in [-0.3, -0.25) is 19.7 Å². The number of carbonyl (C=O) groups is 2. The van der Waals surface area contributed by atoms with E-state index >= 15 is 0 Å². The van der Waals surface area contributed by atoms with Crippen LogP contribution in [0.25, 0.3) is 0 Å². The van der Waals surface area contributed by atoms with Gasteiger partial charge < -0.3 is 11.1 Å². The van der Waals surface area contributed by atoms with E-state index in [1.165, 1.54) is 23.5 Å². The zero-order chi connectivity index (χ0) is 17.4. The Labute approximate surface area is 145 Å². The van der Waals surface area contributed by atoms with Gasteiger partial charge in [0.1, 0.15) is 5.00 Å². The first-order valence-electron chi connectivity index (χ1n) is 7.36. The van der Waals surface area contributed by atoms with Crippen LogP contribution in [0.1, 0.15) is 43.8 Å². The van der Waals surface area contributed by atoms with Crippen LogP contribution < -0.4 is 11.1 Å². The zero-order valence-electron chi connectivity index (χ0n) is 12.8. The van der Waals surface area contributed by atoms with E-state index < -0.39 is 16.7 Å². The van der Waals surface area contributed by atoms with E-state index in [0.717, 1.165) is 41.0 Å². The van der Waals surface area contributed by atoms with Crippen molar-refractivity contribution in [2.24, 2.45) is 11.7 Å². The molecule has 0 bridgehead atoms. The molecule has 0 radical (unpaired) electrons. The summed E-state index contributed by atoms with van der Waals surface area (Å²) in [5.41, 5.74) is 6.82. The number of hydrogen-bond donors (Lipinski definition) is 2. The van der Waals surface area contributed by atoms with Crippen molar-refractivity contribution in [2.75, 3.05) is 5.32 Å². The molecule has 2 amide bonds. The standard InChI is InChI=1S/C15H15N3O4S2/c1-7-2-3-9-8(6-7)12(13(16)19)15(24-9)17-14(20)10-4-5-11(23-10)18(21)22/h4-5,7H,2-3,6H2,1H3,(H2,16,19)(H,17,20). The van der Waals surface area contributed by atoms with Gasteiger partial charge in [0, 0.05) is 10.9 Å². The molecule has 0 aliphatic heterocycles. The summed E-state index contributed by atoms with van der Waals surface area (Å²) in [5.74, 6) is -0.565. The molecule has 0 saturated carbocycles. The highest BCUT2D eigenvalue weighted by molar-refractivity contribution is 7.18. The molecular weight excluding hydrogens is 350 g/mol. The second-order valence-corrected chi connectivity index (χ2v) is 7.94. The van der Waals surface area contributed by atoms with E-state index in [9.17, 15) is 19.7 Å². The average Bonchev–Trinajstić information content (AvgIpc) is 3.10. The number of primary amides is 1. The van der Waals surface area contributed by atoms with Crippen molar-refractivity contribution >= 4 is 44.5 Å². The normalized spacial score (nSPS) is 16.5. The fourth-order valence-electron chi connectivity index (χ4n) is 2.82. The zero-order valence-corrected chi connectivity index (χ0v) is 14.5. The molecule has 1 unspecified atom stereocenters. The van der Waals surface area contributed by atoms with E-state index in [1.54, 1.807) is 0 Å². The van der Waals surface area contributed by atoms with Crippen LogP contribution in [0.4, 0.5) is 10.0 Å². The van der Waals surface area contributed by atoms with Gasteiger partial charge in [0.25, 0.3) is 11.8 Å². The van der Waals surface area contributed by atoms with Gasteiger partial charge in [-0.05, 0) is 36.8 Å². The molecule has 2 heterocycles. The number of carbonyl (C=O) groups excluding carboxylic acids is 2. The molecule has 1 aliphatic carbocycles. The van der Waals surface area contributed by atoms with E-state index in [2.05, 4.69) is 12.2 Å². The Kier molecular flexibility index (Phi) is 4.37. The van der Waals surface area contributed by atoms with Crippen molar-refractivity contribution in [2.45, 2.75) is 26.2 Å². The minimum absolute atomic E-state index is 0.102. The van der Waals surface area contributed by atoms with Crippen molar-refractivity contribution in [3.05, 3.63) is 43.1 Å². The third-order valence-corrected chi connectivity index (χ3v) is 6.22. The number of nitrogens with two attached hydrogens (primary N) is 1. The maximum absolute atomic E-state index is 12.3. The molecule has 3 N–H and O–H groups in total. The number of amides is 2. The monoisotopic (exact) mass is 365 g/mol. The molecule has 0 fully saturated rings. The maximum Gasteiger partial charge on any atom is 0.324 e. The summed E-state index contributed by atoms with van der Waals surface area (Å²) in [6.07, 6.45) is 2.67. The predicted molar refractivity (Wildman–Crippen MR) is 93.0 cm³/mol. The third kappa shape index (κ3) is 3.04. The van der Waals surface area contributed by atoms with E-state index in [-0.39, 0.29) is 9.88 Å². The lowest BCUT2D eigenvalue weighted by molar-refractivity contribution is -0.380. The third-order valence-electron chi connectivity index (χ3n) is 3.98. The van der Waals surface area contributed by atoms with Crippen LogP contribution in [0.5, 0.6) is 0 Å². The maximum atomic E-state index is 12.3. The van der Waals surface area contributed by atoms with Crippen LogP contribution in [0.3, 0.4) is 0 Å². The number of rotatable bonds is 4. The number of hydrogen-bond acceptors (Lipinski definition) is 6. The second-order valence-electron chi connectivity index (χ2n) is 5.77. The van der Waals surface area contributed by atoms with Crippen LogP contribution in [0.2, 0.25) is 0 Å². The topological polar surface area (TPSA) is 115 Å². The van der Waals surface area contributed by atoms with Crippen molar-refractivity contribution < 1.29 is 14.5 Å². The van der Waals surface area contributed by atoms with E-state index in [4.69, 9.17) is 5.73 Å². The summed E-state index contributed by atoms with van der Waals surface area (Å²) in [6, 6.07) is 2.69. The van der Waals surface area contributed by atoms with Gasteiger partial charge in [-0.2, -0.15) is 0 Å². The molecule has 0 saturated heterocycles. The first-order valence-corrected chi connectivity index (χ1v) is 9.00. The highest BCUT2D eigenvalue weighted by Crippen LogP contribution is 2.39. The van der Waals surface area contributed by atoms with Gasteiger partial charge in [0.2, 0.25) is 0 Å². The quantitative estimate of drug-likeness (QED) is 0.639. The molecule has 1 atom stereocenters. The number of thiophene rings is 2. The van der Waals surface area contributed by atoms with Crippen LogP contribution in [0.15, 0.2) is 12.1 Å². The summed E-state index contributed by atoms with van der Waals surface area (Å²) in [4.78, 5) is 35.7. The lowest BCUT2D eigenvalue weighted by Gasteiger charge is -2.18. The Balaban J connectivity index is 1.90. The minimum Gasteiger partial charge on any atom is -0.365 e. The highest BCUT2D eigenvalue weighted by Gasteiger charge is 2.28. The lowest BCUT2D eigenvalue weighted by Crippen LogP contribution is -2.19. The number of nitrogens with one attached hydrogen (secondary N) is 1. The number of anilines is 1. The largest absolute Gasteiger partial charge is 0.365 e. The number of nitro groups is 1. The molecule has 9 heteroatoms. The molecular formula is C15H15N3O4S2. The fourth-order valence-corrected chi connectivity index (χ4v) is 4.78. The number of aryl methyl sites for hydroxylation is 1. The van der Waals surface area contributed by atoms with Crippen LogP contribution in [-0.4, -0.2) is 16.7 Å². The van der Waals surface area contributed by atoms with E-state index in [0.29, 0.717) is 16.5 Å². The van der Waals surface area contributed by atoms with Crippen molar-refractivity contribution in [1.82, 2.24) is 0 Å². The van der Waals surface area contributed by atoms with Gasteiger partial charge in [-0.15, -0.1) is 11.3 Å². The molecule has 1 aliphatic rings. The first-order chi connectivity index (χ1) is 11.4. The van der Waals surface area contributed by atoms with Gasteiger partial charge in [-0.25, -0.2) is 0 Å². The summed E-state index contributed by atoms with van der Waals surface area (Å²) < 4.78 is 0. The SMILES string of the molecule is CC1CCc2sc(NC(=O)c3ccc([N+](=O)[O-])s3)c(C(N)=O)c2C1. The summed E-state index contributed by atoms with van der Waals surface area (Å²) >= 11 is 2.16. The van der Waals surface area contributed by atoms with Gasteiger partial charge in [0.15, 0.2) is 0 Å². The summed E-state index contributed by atoms with van der Waals surface area (Å²) in [6.45, 7) is 2.12. The summed E-state index contributed by atoms with van der Waals surface area (Å²) in [5, 5.41) is 13.8. The Hall–Kier alpha value is -2.26. The molecule has 0 aromatic carbocycles. The van der Waals surface area contributed by atoms with Crippen molar-refractivity contribution in [1.29, 1.82) is 0 Å². The molecule has 2 aromatic heterocycles. The van der Waals surface area contributed by atoms with Gasteiger partial charge >= 0.3 is 5.00 Å². The Morgan fingerprint density at radius 1 is 1.38 bits per heavy atom. The minimum atomic E-state index is -0.561. The molecule has 126 valence electrons. The van der Waals surface area contributed by atoms with E-state index in [1.807, 2.05) is 0 Å². The lowest BCUT2D eigenvalue weighted by atomic mass is 9.87. The van der Waals surface area contributed by atoms with Crippen LogP contribution in [0, 0.1) is 16.0 Å². The molecule has 2 aromatic rings. The highest BCUT2D eigenvalue weighted by atomic mass is 32.1. The van der Waals surface area contributed by atoms with Crippen LogP contribution >= 0.6 is 22.7 Å². The molecule has 0 spiro atoms. The van der Waals surface area contributed by atoms with Crippen LogP contribution in [-0.2, 0) is 12.8 Å². The first kappa shape index (κ1) is 16.6. The van der Waals surface area contributed by atoms with Gasteiger partial charge in [0.05, 0.1) is 15.4 Å². The van der Waals surface area contributed by atoms with Gasteiger partial charge in [-0.1, -0.05) is 18.3 Å². The Morgan fingerprint density at radius 2 is 2.12 bits per heavy atom. The molecule has 24 heavy (non-hydrogen) atoms. The summed E-state index contributed by atoms with van der Waals surface area (Å²) in [7, 11) is 0. The predicted octanol–water partition coefficient (Wildman–Crippen LogP) is 3.19. The number of fused-ring (bicyclic) bond motifs is 1. The smallest absolute Gasteiger partial charge is 0.324 e. The Morgan fingerprint density at radius 3 is 2.75 bits per heavy atom.